The lowest BCUT2D eigenvalue weighted by atomic mass is 10.4. The van der Waals surface area contributed by atoms with Gasteiger partial charge < -0.3 is 9.32 Å². The van der Waals surface area contributed by atoms with Gasteiger partial charge in [0.2, 0.25) is 0 Å². The first-order chi connectivity index (χ1) is 6.81. The molecule has 0 aromatic carbocycles. The molecule has 2 heterocycles. The monoisotopic (exact) mass is 211 g/mol. The van der Waals surface area contributed by atoms with Gasteiger partial charge in [-0.15, -0.1) is 0 Å². The lowest BCUT2D eigenvalue weighted by Crippen LogP contribution is -2.28. The molecule has 76 valence electrons. The molecule has 0 saturated carbocycles. The van der Waals surface area contributed by atoms with Gasteiger partial charge in [-0.05, 0) is 24.8 Å². The minimum atomic E-state index is 0.0200. The first-order valence-corrected chi connectivity index (χ1v) is 5.95. The molecule has 0 N–H and O–H groups in total. The normalized spacial score (nSPS) is 21.5. The van der Waals surface area contributed by atoms with Crippen LogP contribution in [0.5, 0.6) is 0 Å². The van der Waals surface area contributed by atoms with Crippen LogP contribution in [-0.4, -0.2) is 35.4 Å². The minimum Gasteiger partial charge on any atom is -0.459 e. The summed E-state index contributed by atoms with van der Waals surface area (Å²) in [6.45, 7) is 1.70. The molecule has 1 amide bonds. The Morgan fingerprint density at radius 1 is 1.71 bits per heavy atom. The van der Waals surface area contributed by atoms with Crippen molar-refractivity contribution in [3.05, 3.63) is 24.2 Å². The quantitative estimate of drug-likeness (QED) is 0.748. The molecule has 1 fully saturated rings. The van der Waals surface area contributed by atoms with Gasteiger partial charge in [0.15, 0.2) is 5.76 Å². The molecule has 0 bridgehead atoms. The predicted octanol–water partition coefficient (Wildman–Crippen LogP) is 1.86. The Morgan fingerprint density at radius 2 is 2.57 bits per heavy atom. The van der Waals surface area contributed by atoms with E-state index < -0.39 is 0 Å². The lowest BCUT2D eigenvalue weighted by molar-refractivity contribution is 0.0762. The van der Waals surface area contributed by atoms with Gasteiger partial charge >= 0.3 is 0 Å². The number of hydrogen-bond acceptors (Lipinski definition) is 3. The van der Waals surface area contributed by atoms with Crippen molar-refractivity contribution in [2.75, 3.05) is 19.3 Å². The van der Waals surface area contributed by atoms with Crippen molar-refractivity contribution in [2.24, 2.45) is 0 Å². The van der Waals surface area contributed by atoms with Gasteiger partial charge in [0.1, 0.15) is 0 Å². The van der Waals surface area contributed by atoms with E-state index in [0.717, 1.165) is 19.5 Å². The van der Waals surface area contributed by atoms with Gasteiger partial charge in [0.25, 0.3) is 5.91 Å². The van der Waals surface area contributed by atoms with Crippen LogP contribution in [0.4, 0.5) is 0 Å². The van der Waals surface area contributed by atoms with E-state index in [-0.39, 0.29) is 5.91 Å². The number of hydrogen-bond donors (Lipinski definition) is 0. The van der Waals surface area contributed by atoms with E-state index in [1.54, 1.807) is 12.1 Å². The highest BCUT2D eigenvalue weighted by molar-refractivity contribution is 7.99. The summed E-state index contributed by atoms with van der Waals surface area (Å²) >= 11 is 1.83. The second-order valence-corrected chi connectivity index (χ2v) is 4.51. The molecule has 1 aliphatic heterocycles. The van der Waals surface area contributed by atoms with E-state index in [1.165, 1.54) is 6.26 Å². The van der Waals surface area contributed by atoms with Crippen LogP contribution in [0.25, 0.3) is 0 Å². The predicted molar refractivity (Wildman–Crippen MR) is 56.5 cm³/mol. The number of likely N-dealkylation sites (tertiary alicyclic amines) is 1. The third-order valence-corrected chi connectivity index (χ3v) is 3.55. The zero-order chi connectivity index (χ0) is 9.97. The summed E-state index contributed by atoms with van der Waals surface area (Å²) in [6.07, 6.45) is 4.72. The largest absolute Gasteiger partial charge is 0.459 e. The summed E-state index contributed by atoms with van der Waals surface area (Å²) in [5.74, 6) is 0.471. The van der Waals surface area contributed by atoms with Crippen LogP contribution < -0.4 is 0 Å². The van der Waals surface area contributed by atoms with Gasteiger partial charge in [0, 0.05) is 18.3 Å². The lowest BCUT2D eigenvalue weighted by Gasteiger charge is -2.13. The molecule has 3 nitrogen and oxygen atoms in total. The minimum absolute atomic E-state index is 0.0200. The summed E-state index contributed by atoms with van der Waals surface area (Å²) in [6, 6.07) is 3.46. The topological polar surface area (TPSA) is 33.5 Å². The number of amides is 1. The highest BCUT2D eigenvalue weighted by Crippen LogP contribution is 2.21. The molecule has 0 radical (unpaired) electrons. The van der Waals surface area contributed by atoms with E-state index in [4.69, 9.17) is 4.42 Å². The molecule has 1 unspecified atom stereocenters. The zero-order valence-corrected chi connectivity index (χ0v) is 8.92. The second-order valence-electron chi connectivity index (χ2n) is 3.37. The number of nitrogens with zero attached hydrogens (tertiary/aromatic N) is 1. The number of carbonyl (C=O) groups excluding carboxylic acids is 1. The third kappa shape index (κ3) is 1.80. The van der Waals surface area contributed by atoms with Crippen LogP contribution >= 0.6 is 11.8 Å². The van der Waals surface area contributed by atoms with Crippen molar-refractivity contribution >= 4 is 17.7 Å². The number of rotatable bonds is 2. The standard InChI is InChI=1S/C10H13NO2S/c1-14-8-4-5-11(7-8)10(12)9-3-2-6-13-9/h2-3,6,8H,4-5,7H2,1H3. The van der Waals surface area contributed by atoms with Gasteiger partial charge in [-0.2, -0.15) is 11.8 Å². The summed E-state index contributed by atoms with van der Waals surface area (Å²) in [5, 5.41) is 0.592. The maximum Gasteiger partial charge on any atom is 0.289 e. The molecule has 1 aromatic rings. The first-order valence-electron chi connectivity index (χ1n) is 4.67. The van der Waals surface area contributed by atoms with Crippen molar-refractivity contribution in [1.82, 2.24) is 4.90 Å². The van der Waals surface area contributed by atoms with Gasteiger partial charge in [-0.3, -0.25) is 4.79 Å². The number of furan rings is 1. The maximum absolute atomic E-state index is 11.8. The van der Waals surface area contributed by atoms with Crippen LogP contribution in [0.15, 0.2) is 22.8 Å². The Balaban J connectivity index is 2.00. The fourth-order valence-electron chi connectivity index (χ4n) is 1.66. The van der Waals surface area contributed by atoms with Crippen LogP contribution in [0.2, 0.25) is 0 Å². The van der Waals surface area contributed by atoms with Crippen molar-refractivity contribution in [2.45, 2.75) is 11.7 Å². The third-order valence-electron chi connectivity index (χ3n) is 2.50. The average Bonchev–Trinajstić information content (AvgIpc) is 2.88. The fraction of sp³-hybridized carbons (Fsp3) is 0.500. The molecule has 1 aliphatic rings. The SMILES string of the molecule is CSC1CCN(C(=O)c2ccco2)C1. The highest BCUT2D eigenvalue weighted by Gasteiger charge is 2.27. The number of thioether (sulfide) groups is 1. The van der Waals surface area contributed by atoms with Crippen molar-refractivity contribution in [3.63, 3.8) is 0 Å². The van der Waals surface area contributed by atoms with E-state index in [0.29, 0.717) is 11.0 Å². The van der Waals surface area contributed by atoms with Crippen LogP contribution in [-0.2, 0) is 0 Å². The molecule has 2 rings (SSSR count). The van der Waals surface area contributed by atoms with Crippen molar-refractivity contribution < 1.29 is 9.21 Å². The molecule has 14 heavy (non-hydrogen) atoms. The Kier molecular flexibility index (Phi) is 2.82. The average molecular weight is 211 g/mol. The van der Waals surface area contributed by atoms with E-state index in [1.807, 2.05) is 16.7 Å². The molecule has 4 heteroatoms. The van der Waals surface area contributed by atoms with E-state index in [2.05, 4.69) is 6.26 Å². The summed E-state index contributed by atoms with van der Waals surface area (Å²) < 4.78 is 5.08. The molecule has 1 saturated heterocycles. The van der Waals surface area contributed by atoms with Gasteiger partial charge in [-0.1, -0.05) is 0 Å². The van der Waals surface area contributed by atoms with Crippen LogP contribution in [0.3, 0.4) is 0 Å². The summed E-state index contributed by atoms with van der Waals surface area (Å²) in [7, 11) is 0. The Hall–Kier alpha value is -0.900. The summed E-state index contributed by atoms with van der Waals surface area (Å²) in [4.78, 5) is 13.7. The molecule has 1 aromatic heterocycles. The van der Waals surface area contributed by atoms with Crippen LogP contribution in [0, 0.1) is 0 Å². The molecule has 0 aliphatic carbocycles. The Bertz CT molecular complexity index is 310. The van der Waals surface area contributed by atoms with Crippen molar-refractivity contribution in [3.8, 4) is 0 Å². The van der Waals surface area contributed by atoms with E-state index >= 15 is 0 Å². The fourth-order valence-corrected chi connectivity index (χ4v) is 2.33. The number of carbonyl (C=O) groups is 1. The Morgan fingerprint density at radius 3 is 3.14 bits per heavy atom. The van der Waals surface area contributed by atoms with E-state index in [9.17, 15) is 4.79 Å². The second kappa shape index (κ2) is 4.09. The molecular formula is C10H13NO2S. The highest BCUT2D eigenvalue weighted by atomic mass is 32.2. The Labute approximate surface area is 87.5 Å². The molecule has 1 atom stereocenters. The maximum atomic E-state index is 11.8. The van der Waals surface area contributed by atoms with Crippen molar-refractivity contribution in [1.29, 1.82) is 0 Å². The van der Waals surface area contributed by atoms with Crippen LogP contribution in [0.1, 0.15) is 17.0 Å². The molecular weight excluding hydrogens is 198 g/mol. The van der Waals surface area contributed by atoms with Gasteiger partial charge in [0.05, 0.1) is 6.26 Å². The smallest absolute Gasteiger partial charge is 0.289 e. The first kappa shape index (κ1) is 9.65. The zero-order valence-electron chi connectivity index (χ0n) is 8.10. The molecule has 0 spiro atoms. The van der Waals surface area contributed by atoms with Gasteiger partial charge in [-0.25, -0.2) is 0 Å². The summed E-state index contributed by atoms with van der Waals surface area (Å²) in [5.41, 5.74) is 0.